The van der Waals surface area contributed by atoms with Gasteiger partial charge in [-0.25, -0.2) is 8.42 Å². The number of hydrogen-bond acceptors (Lipinski definition) is 2. The molecule has 0 amide bonds. The summed E-state index contributed by atoms with van der Waals surface area (Å²) >= 11 is 0. The Labute approximate surface area is 134 Å². The first-order chi connectivity index (χ1) is 10.8. The summed E-state index contributed by atoms with van der Waals surface area (Å²) in [5.74, 6) is 0. The van der Waals surface area contributed by atoms with E-state index in [9.17, 15) is 21.6 Å². The van der Waals surface area contributed by atoms with Crippen molar-refractivity contribution in [2.45, 2.75) is 68.1 Å². The second kappa shape index (κ2) is 6.09. The van der Waals surface area contributed by atoms with Gasteiger partial charge in [-0.2, -0.15) is 17.5 Å². The van der Waals surface area contributed by atoms with Crippen LogP contribution in [0.25, 0.3) is 0 Å². The highest BCUT2D eigenvalue weighted by molar-refractivity contribution is 7.89. The Kier molecular flexibility index (Phi) is 4.44. The lowest BCUT2D eigenvalue weighted by atomic mass is 9.95. The lowest BCUT2D eigenvalue weighted by Gasteiger charge is -2.33. The lowest BCUT2D eigenvalue weighted by molar-refractivity contribution is -0.137. The zero-order chi connectivity index (χ0) is 16.7. The Morgan fingerprint density at radius 2 is 1.57 bits per heavy atom. The molecule has 0 aromatic heterocycles. The molecule has 0 saturated heterocycles. The van der Waals surface area contributed by atoms with E-state index in [1.807, 2.05) is 0 Å². The van der Waals surface area contributed by atoms with Gasteiger partial charge in [0.1, 0.15) is 0 Å². The van der Waals surface area contributed by atoms with E-state index < -0.39 is 21.8 Å². The largest absolute Gasteiger partial charge is 0.416 e. The fourth-order valence-electron chi connectivity index (χ4n) is 3.31. The van der Waals surface area contributed by atoms with E-state index in [4.69, 9.17) is 0 Å². The minimum absolute atomic E-state index is 0.0438. The summed E-state index contributed by atoms with van der Waals surface area (Å²) < 4.78 is 66.0. The molecule has 0 aliphatic heterocycles. The molecular formula is C16H20F3NO2S. The van der Waals surface area contributed by atoms with Crippen molar-refractivity contribution in [1.82, 2.24) is 4.31 Å². The zero-order valence-electron chi connectivity index (χ0n) is 12.7. The smallest absolute Gasteiger partial charge is 0.207 e. The molecule has 0 atom stereocenters. The van der Waals surface area contributed by atoms with E-state index in [0.29, 0.717) is 0 Å². The first-order valence-corrected chi connectivity index (χ1v) is 9.45. The summed E-state index contributed by atoms with van der Waals surface area (Å²) in [6.45, 7) is 0. The molecule has 128 valence electrons. The van der Waals surface area contributed by atoms with Crippen LogP contribution in [0.4, 0.5) is 13.2 Å². The van der Waals surface area contributed by atoms with Gasteiger partial charge in [0.2, 0.25) is 10.0 Å². The van der Waals surface area contributed by atoms with Crippen molar-refractivity contribution in [1.29, 1.82) is 0 Å². The number of hydrogen-bond donors (Lipinski definition) is 0. The number of sulfonamides is 1. The molecule has 0 bridgehead atoms. The van der Waals surface area contributed by atoms with Crippen LogP contribution in [0.3, 0.4) is 0 Å². The molecule has 0 unspecified atom stereocenters. The van der Waals surface area contributed by atoms with Gasteiger partial charge in [-0.3, -0.25) is 0 Å². The van der Waals surface area contributed by atoms with Crippen molar-refractivity contribution >= 4 is 10.0 Å². The highest BCUT2D eigenvalue weighted by Gasteiger charge is 2.43. The summed E-state index contributed by atoms with van der Waals surface area (Å²) in [5.41, 5.74) is -0.919. The molecule has 0 N–H and O–H groups in total. The van der Waals surface area contributed by atoms with Gasteiger partial charge < -0.3 is 0 Å². The molecule has 0 heterocycles. The highest BCUT2D eigenvalue weighted by Crippen LogP contribution is 2.39. The third-order valence-electron chi connectivity index (χ3n) is 4.58. The number of benzene rings is 1. The van der Waals surface area contributed by atoms with Crippen LogP contribution in [-0.4, -0.2) is 24.8 Å². The molecule has 0 radical (unpaired) electrons. The lowest BCUT2D eigenvalue weighted by Crippen LogP contribution is -2.43. The summed E-state index contributed by atoms with van der Waals surface area (Å²) in [4.78, 5) is -0.246. The van der Waals surface area contributed by atoms with Crippen LogP contribution < -0.4 is 0 Å². The van der Waals surface area contributed by atoms with Crippen LogP contribution in [0.15, 0.2) is 29.2 Å². The first-order valence-electron chi connectivity index (χ1n) is 8.01. The average molecular weight is 347 g/mol. The van der Waals surface area contributed by atoms with E-state index in [1.165, 1.54) is 16.4 Å². The van der Waals surface area contributed by atoms with Crippen LogP contribution in [0.2, 0.25) is 0 Å². The first kappa shape index (κ1) is 16.8. The number of halogens is 3. The highest BCUT2D eigenvalue weighted by atomic mass is 32.2. The van der Waals surface area contributed by atoms with Gasteiger partial charge in [-0.15, -0.1) is 0 Å². The molecule has 2 aliphatic rings. The molecule has 23 heavy (non-hydrogen) atoms. The standard InChI is InChI=1S/C16H20F3NO2S/c17-16(18,19)12-5-4-8-15(11-12)23(21,22)20(14-9-10-14)13-6-2-1-3-7-13/h4-5,8,11,13-14H,1-3,6-7,9-10H2. The van der Waals surface area contributed by atoms with E-state index in [2.05, 4.69) is 0 Å². The van der Waals surface area contributed by atoms with E-state index >= 15 is 0 Å². The molecule has 1 aromatic carbocycles. The van der Waals surface area contributed by atoms with Gasteiger partial charge in [0.15, 0.2) is 0 Å². The van der Waals surface area contributed by atoms with Crippen LogP contribution in [0.5, 0.6) is 0 Å². The van der Waals surface area contributed by atoms with Gasteiger partial charge >= 0.3 is 6.18 Å². The molecule has 2 saturated carbocycles. The van der Waals surface area contributed by atoms with E-state index in [1.54, 1.807) is 0 Å². The molecular weight excluding hydrogens is 327 g/mol. The number of alkyl halides is 3. The number of nitrogens with zero attached hydrogens (tertiary/aromatic N) is 1. The molecule has 1 aromatic rings. The molecule has 2 aliphatic carbocycles. The number of rotatable bonds is 4. The fourth-order valence-corrected chi connectivity index (χ4v) is 5.29. The Morgan fingerprint density at radius 3 is 2.13 bits per heavy atom. The predicted molar refractivity (Wildman–Crippen MR) is 80.4 cm³/mol. The topological polar surface area (TPSA) is 37.4 Å². The fraction of sp³-hybridized carbons (Fsp3) is 0.625. The summed E-state index contributed by atoms with van der Waals surface area (Å²) in [5, 5.41) is 0. The average Bonchev–Trinajstić information content (AvgIpc) is 3.32. The third-order valence-corrected chi connectivity index (χ3v) is 6.58. The zero-order valence-corrected chi connectivity index (χ0v) is 13.5. The van der Waals surface area contributed by atoms with E-state index in [-0.39, 0.29) is 17.0 Å². The Bertz CT molecular complexity index is 662. The maximum absolute atomic E-state index is 13.0. The summed E-state index contributed by atoms with van der Waals surface area (Å²) in [6.07, 6.45) is 1.71. The maximum atomic E-state index is 13.0. The van der Waals surface area contributed by atoms with Crippen molar-refractivity contribution < 1.29 is 21.6 Å². The molecule has 0 spiro atoms. The van der Waals surface area contributed by atoms with Crippen LogP contribution in [-0.2, 0) is 16.2 Å². The van der Waals surface area contributed by atoms with Gasteiger partial charge in [0.25, 0.3) is 0 Å². The van der Waals surface area contributed by atoms with Crippen LogP contribution >= 0.6 is 0 Å². The van der Waals surface area contributed by atoms with Crippen molar-refractivity contribution in [3.63, 3.8) is 0 Å². The van der Waals surface area contributed by atoms with Gasteiger partial charge in [0.05, 0.1) is 10.5 Å². The van der Waals surface area contributed by atoms with Crippen LogP contribution in [0, 0.1) is 0 Å². The molecule has 3 nitrogen and oxygen atoms in total. The molecule has 2 fully saturated rings. The van der Waals surface area contributed by atoms with Crippen molar-refractivity contribution in [2.24, 2.45) is 0 Å². The van der Waals surface area contributed by atoms with E-state index in [0.717, 1.165) is 57.1 Å². The van der Waals surface area contributed by atoms with Gasteiger partial charge in [0, 0.05) is 12.1 Å². The molecule has 3 rings (SSSR count). The second-order valence-electron chi connectivity index (χ2n) is 6.38. The van der Waals surface area contributed by atoms with Gasteiger partial charge in [-0.1, -0.05) is 25.3 Å². The maximum Gasteiger partial charge on any atom is 0.416 e. The minimum Gasteiger partial charge on any atom is -0.207 e. The Hall–Kier alpha value is -1.08. The van der Waals surface area contributed by atoms with Gasteiger partial charge in [-0.05, 0) is 43.9 Å². The van der Waals surface area contributed by atoms with Crippen molar-refractivity contribution in [3.8, 4) is 0 Å². The quantitative estimate of drug-likeness (QED) is 0.819. The SMILES string of the molecule is O=S(=O)(c1cccc(C(F)(F)F)c1)N(C1CCCCC1)C1CC1. The Morgan fingerprint density at radius 1 is 0.957 bits per heavy atom. The normalized spacial score (nSPS) is 20.9. The second-order valence-corrected chi connectivity index (χ2v) is 8.23. The Balaban J connectivity index is 1.95. The third kappa shape index (κ3) is 3.55. The minimum atomic E-state index is -4.54. The summed E-state index contributed by atoms with van der Waals surface area (Å²) in [6, 6.07) is 3.98. The predicted octanol–water partition coefficient (Wildman–Crippen LogP) is 4.19. The van der Waals surface area contributed by atoms with Crippen molar-refractivity contribution in [3.05, 3.63) is 29.8 Å². The van der Waals surface area contributed by atoms with Crippen LogP contribution in [0.1, 0.15) is 50.5 Å². The van der Waals surface area contributed by atoms with Crippen molar-refractivity contribution in [2.75, 3.05) is 0 Å². The molecule has 7 heteroatoms. The monoisotopic (exact) mass is 347 g/mol. The summed E-state index contributed by atoms with van der Waals surface area (Å²) in [7, 11) is -3.89.